The molecular formula is C13H21FN2O3S. The molecule has 114 valence electrons. The highest BCUT2D eigenvalue weighted by Gasteiger charge is 2.20. The van der Waals surface area contributed by atoms with E-state index in [-0.39, 0.29) is 23.2 Å². The van der Waals surface area contributed by atoms with E-state index in [1.165, 1.54) is 19.2 Å². The monoisotopic (exact) mass is 304 g/mol. The van der Waals surface area contributed by atoms with Crippen molar-refractivity contribution in [3.63, 3.8) is 0 Å². The average molecular weight is 304 g/mol. The van der Waals surface area contributed by atoms with Gasteiger partial charge in [-0.1, -0.05) is 19.8 Å². The Morgan fingerprint density at radius 2 is 2.15 bits per heavy atom. The van der Waals surface area contributed by atoms with Gasteiger partial charge in [0, 0.05) is 12.6 Å². The van der Waals surface area contributed by atoms with Gasteiger partial charge in [-0.25, -0.2) is 17.5 Å². The minimum atomic E-state index is -3.78. The Bertz CT molecular complexity index is 534. The van der Waals surface area contributed by atoms with Crippen LogP contribution in [0.1, 0.15) is 26.2 Å². The van der Waals surface area contributed by atoms with Crippen LogP contribution in [0.5, 0.6) is 5.75 Å². The van der Waals surface area contributed by atoms with Crippen LogP contribution in [0.4, 0.5) is 4.39 Å². The molecule has 0 bridgehead atoms. The molecule has 0 aliphatic rings. The van der Waals surface area contributed by atoms with Gasteiger partial charge in [-0.05, 0) is 24.6 Å². The molecule has 1 atom stereocenters. The molecule has 0 radical (unpaired) electrons. The SMILES string of the molecule is CCCCC(CN)NS(=O)(=O)c1ccc(OC)c(F)c1. The summed E-state index contributed by atoms with van der Waals surface area (Å²) in [6.07, 6.45) is 2.49. The number of rotatable bonds is 8. The molecule has 0 heterocycles. The lowest BCUT2D eigenvalue weighted by molar-refractivity contribution is 0.385. The summed E-state index contributed by atoms with van der Waals surface area (Å²) in [5.41, 5.74) is 5.55. The number of unbranched alkanes of at least 4 members (excludes halogenated alkanes) is 1. The maximum absolute atomic E-state index is 13.6. The zero-order chi connectivity index (χ0) is 15.2. The number of hydrogen-bond acceptors (Lipinski definition) is 4. The van der Waals surface area contributed by atoms with Gasteiger partial charge in [0.1, 0.15) is 0 Å². The van der Waals surface area contributed by atoms with E-state index >= 15 is 0 Å². The molecule has 20 heavy (non-hydrogen) atoms. The van der Waals surface area contributed by atoms with Crippen LogP contribution in [-0.2, 0) is 10.0 Å². The van der Waals surface area contributed by atoms with E-state index in [4.69, 9.17) is 10.5 Å². The third-order valence-electron chi connectivity index (χ3n) is 2.95. The van der Waals surface area contributed by atoms with Crippen molar-refractivity contribution in [3.05, 3.63) is 24.0 Å². The lowest BCUT2D eigenvalue weighted by atomic mass is 10.1. The Labute approximate surface area is 119 Å². The van der Waals surface area contributed by atoms with Gasteiger partial charge in [0.25, 0.3) is 0 Å². The van der Waals surface area contributed by atoms with Crippen molar-refractivity contribution in [1.29, 1.82) is 0 Å². The maximum atomic E-state index is 13.6. The van der Waals surface area contributed by atoms with Crippen LogP contribution >= 0.6 is 0 Å². The van der Waals surface area contributed by atoms with E-state index in [1.54, 1.807) is 0 Å². The normalized spacial score (nSPS) is 13.2. The van der Waals surface area contributed by atoms with Gasteiger partial charge in [-0.15, -0.1) is 0 Å². The first kappa shape index (κ1) is 16.9. The van der Waals surface area contributed by atoms with E-state index in [2.05, 4.69) is 4.72 Å². The highest BCUT2D eigenvalue weighted by molar-refractivity contribution is 7.89. The Hall–Kier alpha value is -1.18. The van der Waals surface area contributed by atoms with Gasteiger partial charge in [0.15, 0.2) is 11.6 Å². The smallest absolute Gasteiger partial charge is 0.240 e. The van der Waals surface area contributed by atoms with Crippen molar-refractivity contribution in [2.24, 2.45) is 5.73 Å². The first-order valence-corrected chi connectivity index (χ1v) is 7.98. The Balaban J connectivity index is 2.90. The molecular weight excluding hydrogens is 283 g/mol. The van der Waals surface area contributed by atoms with E-state index in [0.717, 1.165) is 18.9 Å². The molecule has 1 rings (SSSR count). The lowest BCUT2D eigenvalue weighted by Gasteiger charge is -2.16. The second-order valence-electron chi connectivity index (χ2n) is 4.49. The average Bonchev–Trinajstić information content (AvgIpc) is 2.43. The van der Waals surface area contributed by atoms with Crippen molar-refractivity contribution < 1.29 is 17.5 Å². The number of sulfonamides is 1. The number of ether oxygens (including phenoxy) is 1. The Morgan fingerprint density at radius 3 is 2.65 bits per heavy atom. The van der Waals surface area contributed by atoms with Gasteiger partial charge >= 0.3 is 0 Å². The number of methoxy groups -OCH3 is 1. The summed E-state index contributed by atoms with van der Waals surface area (Å²) >= 11 is 0. The number of halogens is 1. The molecule has 1 aromatic rings. The standard InChI is InChI=1S/C13H21FN2O3S/c1-3-4-5-10(9-15)16-20(17,18)11-6-7-13(19-2)12(14)8-11/h6-8,10,16H,3-5,9,15H2,1-2H3. The van der Waals surface area contributed by atoms with Crippen molar-refractivity contribution in [2.75, 3.05) is 13.7 Å². The summed E-state index contributed by atoms with van der Waals surface area (Å²) in [5, 5.41) is 0. The fraction of sp³-hybridized carbons (Fsp3) is 0.538. The van der Waals surface area contributed by atoms with Crippen molar-refractivity contribution in [3.8, 4) is 5.75 Å². The van der Waals surface area contributed by atoms with Crippen LogP contribution in [0.25, 0.3) is 0 Å². The summed E-state index contributed by atoms with van der Waals surface area (Å²) in [7, 11) is -2.46. The van der Waals surface area contributed by atoms with Crippen LogP contribution < -0.4 is 15.2 Å². The molecule has 0 saturated heterocycles. The molecule has 3 N–H and O–H groups in total. The molecule has 0 aromatic heterocycles. The maximum Gasteiger partial charge on any atom is 0.240 e. The molecule has 0 aliphatic heterocycles. The molecule has 0 amide bonds. The molecule has 5 nitrogen and oxygen atoms in total. The van der Waals surface area contributed by atoms with E-state index in [0.29, 0.717) is 6.42 Å². The topological polar surface area (TPSA) is 81.4 Å². The predicted molar refractivity (Wildman–Crippen MR) is 75.6 cm³/mol. The molecule has 0 spiro atoms. The van der Waals surface area contributed by atoms with Gasteiger partial charge in [-0.3, -0.25) is 0 Å². The van der Waals surface area contributed by atoms with Crippen LogP contribution in [0.3, 0.4) is 0 Å². The third-order valence-corrected chi connectivity index (χ3v) is 4.46. The second-order valence-corrected chi connectivity index (χ2v) is 6.21. The molecule has 0 aliphatic carbocycles. The molecule has 7 heteroatoms. The Morgan fingerprint density at radius 1 is 1.45 bits per heavy atom. The lowest BCUT2D eigenvalue weighted by Crippen LogP contribution is -2.40. The third kappa shape index (κ3) is 4.43. The van der Waals surface area contributed by atoms with Crippen LogP contribution in [0.2, 0.25) is 0 Å². The summed E-state index contributed by atoms with van der Waals surface area (Å²) in [6.45, 7) is 2.22. The number of benzene rings is 1. The highest BCUT2D eigenvalue weighted by atomic mass is 32.2. The minimum absolute atomic E-state index is 0.00491. The number of hydrogen-bond donors (Lipinski definition) is 2. The van der Waals surface area contributed by atoms with E-state index < -0.39 is 15.8 Å². The zero-order valence-corrected chi connectivity index (χ0v) is 12.5. The van der Waals surface area contributed by atoms with Crippen LogP contribution in [0, 0.1) is 5.82 Å². The predicted octanol–water partition coefficient (Wildman–Crippen LogP) is 1.63. The molecule has 0 saturated carbocycles. The van der Waals surface area contributed by atoms with Gasteiger partial charge < -0.3 is 10.5 Å². The van der Waals surface area contributed by atoms with Gasteiger partial charge in [0.05, 0.1) is 12.0 Å². The van der Waals surface area contributed by atoms with Crippen molar-refractivity contribution >= 4 is 10.0 Å². The fourth-order valence-corrected chi connectivity index (χ4v) is 3.07. The summed E-state index contributed by atoms with van der Waals surface area (Å²) in [6, 6.07) is 3.18. The number of nitrogens with one attached hydrogen (secondary N) is 1. The summed E-state index contributed by atoms with van der Waals surface area (Å²) in [5.74, 6) is -0.710. The minimum Gasteiger partial charge on any atom is -0.494 e. The molecule has 1 aromatic carbocycles. The fourth-order valence-electron chi connectivity index (χ4n) is 1.78. The van der Waals surface area contributed by atoms with E-state index in [1.807, 2.05) is 6.92 Å². The Kier molecular flexibility index (Phi) is 6.38. The van der Waals surface area contributed by atoms with Crippen LogP contribution in [0.15, 0.2) is 23.1 Å². The molecule has 0 fully saturated rings. The largest absolute Gasteiger partial charge is 0.494 e. The highest BCUT2D eigenvalue weighted by Crippen LogP contribution is 2.20. The van der Waals surface area contributed by atoms with Crippen LogP contribution in [-0.4, -0.2) is 28.1 Å². The summed E-state index contributed by atoms with van der Waals surface area (Å²) in [4.78, 5) is -0.134. The second kappa shape index (κ2) is 7.56. The summed E-state index contributed by atoms with van der Waals surface area (Å²) < 4.78 is 45.1. The van der Waals surface area contributed by atoms with Crippen molar-refractivity contribution in [1.82, 2.24) is 4.72 Å². The quantitative estimate of drug-likeness (QED) is 0.765. The van der Waals surface area contributed by atoms with E-state index in [9.17, 15) is 12.8 Å². The van der Waals surface area contributed by atoms with Gasteiger partial charge in [0.2, 0.25) is 10.0 Å². The first-order valence-electron chi connectivity index (χ1n) is 6.50. The first-order chi connectivity index (χ1) is 9.44. The molecule has 1 unspecified atom stereocenters. The van der Waals surface area contributed by atoms with Crippen molar-refractivity contribution in [2.45, 2.75) is 37.1 Å². The van der Waals surface area contributed by atoms with Gasteiger partial charge in [-0.2, -0.15) is 0 Å². The number of nitrogens with two attached hydrogens (primary N) is 1. The zero-order valence-electron chi connectivity index (χ0n) is 11.7.